The maximum absolute atomic E-state index is 14.5. The highest BCUT2D eigenvalue weighted by molar-refractivity contribution is 6.30. The van der Waals surface area contributed by atoms with Gasteiger partial charge in [-0.3, -0.25) is 24.5 Å². The molecule has 0 spiro atoms. The third-order valence-electron chi connectivity index (χ3n) is 5.54. The van der Waals surface area contributed by atoms with Crippen molar-refractivity contribution < 1.29 is 30.7 Å². The van der Waals surface area contributed by atoms with E-state index in [1.807, 2.05) is 0 Å². The lowest BCUT2D eigenvalue weighted by atomic mass is 9.97. The third kappa shape index (κ3) is 4.14. The summed E-state index contributed by atoms with van der Waals surface area (Å²) in [7, 11) is 0. The second-order valence-corrected chi connectivity index (χ2v) is 8.09. The molecule has 2 unspecified atom stereocenters. The number of imide groups is 1. The summed E-state index contributed by atoms with van der Waals surface area (Å²) >= 11 is 5.72. The van der Waals surface area contributed by atoms with Crippen molar-refractivity contribution in [1.29, 1.82) is 0 Å². The van der Waals surface area contributed by atoms with Crippen LogP contribution in [0.5, 0.6) is 0 Å². The number of hydrogen-bond acceptors (Lipinski definition) is 4. The smallest absolute Gasteiger partial charge is 0.322 e. The predicted molar refractivity (Wildman–Crippen MR) is 111 cm³/mol. The van der Waals surface area contributed by atoms with Crippen LogP contribution in [0.2, 0.25) is 6.43 Å². The van der Waals surface area contributed by atoms with Crippen LogP contribution in [-0.4, -0.2) is 34.4 Å². The number of carbonyl (C=O) groups is 4. The summed E-state index contributed by atoms with van der Waals surface area (Å²) in [6, 6.07) is 8.17. The Bertz CT molecular complexity index is 1190. The van der Waals surface area contributed by atoms with E-state index in [1.54, 1.807) is 12.1 Å². The number of carbonyl (C=O) groups excluding carboxylic acids is 4. The van der Waals surface area contributed by atoms with Gasteiger partial charge in [0, 0.05) is 36.9 Å². The minimum Gasteiger partial charge on any atom is -0.322 e. The molecule has 0 aromatic heterocycles. The van der Waals surface area contributed by atoms with Gasteiger partial charge in [0.25, 0.3) is 5.91 Å². The van der Waals surface area contributed by atoms with Gasteiger partial charge >= 0.3 is 5.92 Å². The van der Waals surface area contributed by atoms with Crippen molar-refractivity contribution in [1.82, 2.24) is 10.2 Å². The molecule has 2 aliphatic rings. The van der Waals surface area contributed by atoms with Gasteiger partial charge in [-0.2, -0.15) is 8.78 Å². The van der Waals surface area contributed by atoms with Crippen molar-refractivity contribution in [2.24, 2.45) is 0 Å². The van der Waals surface area contributed by atoms with Crippen LogP contribution in [0.25, 0.3) is 0 Å². The van der Waals surface area contributed by atoms with Gasteiger partial charge in [-0.15, -0.1) is 0 Å². The van der Waals surface area contributed by atoms with E-state index in [4.69, 9.17) is 14.4 Å². The van der Waals surface area contributed by atoms with Crippen molar-refractivity contribution in [3.8, 4) is 0 Å². The molecule has 2 heterocycles. The van der Waals surface area contributed by atoms with Gasteiger partial charge < -0.3 is 4.90 Å². The number of aryl methyl sites for hydroxylation is 1. The molecule has 1 saturated heterocycles. The Morgan fingerprint density at radius 3 is 2.66 bits per heavy atom. The maximum atomic E-state index is 14.5. The zero-order chi connectivity index (χ0) is 24.8. The zero-order valence-corrected chi connectivity index (χ0v) is 17.4. The summed E-state index contributed by atoms with van der Waals surface area (Å²) in [5, 5.41) is 0.464. The number of piperidine rings is 1. The summed E-state index contributed by atoms with van der Waals surface area (Å²) in [4.78, 5) is 50.2. The Labute approximate surface area is 190 Å². The SMILES string of the molecule is [2H]C1CC(=O)N([2H])C(=O)C1N1Cc2cc(CCC(=O)C(F)(F)c3ccc(Cl)cc3)ccc2C1=O. The van der Waals surface area contributed by atoms with Gasteiger partial charge in [0.15, 0.2) is 1.41 Å². The number of Topliss-reactive ketones (excluding diaryl/α,β-unsaturated/α-hetero) is 1. The Kier molecular flexibility index (Phi) is 5.15. The first-order valence-corrected chi connectivity index (χ1v) is 10.3. The van der Waals surface area contributed by atoms with Gasteiger partial charge in [0.05, 0.1) is 0 Å². The van der Waals surface area contributed by atoms with Crippen molar-refractivity contribution in [3.63, 3.8) is 0 Å². The van der Waals surface area contributed by atoms with Gasteiger partial charge in [-0.05, 0) is 42.1 Å². The van der Waals surface area contributed by atoms with Crippen LogP contribution in [-0.2, 0) is 33.3 Å². The zero-order valence-electron chi connectivity index (χ0n) is 18.7. The van der Waals surface area contributed by atoms with Gasteiger partial charge in [0.1, 0.15) is 6.04 Å². The lowest BCUT2D eigenvalue weighted by molar-refractivity contribution is -0.144. The van der Waals surface area contributed by atoms with Crippen LogP contribution < -0.4 is 5.31 Å². The molecule has 0 radical (unpaired) electrons. The number of fused-ring (bicyclic) bond motifs is 1. The quantitative estimate of drug-likeness (QED) is 0.667. The molecular weight excluding hydrogens is 442 g/mol. The topological polar surface area (TPSA) is 83.6 Å². The molecule has 4 rings (SSSR count). The van der Waals surface area contributed by atoms with Gasteiger partial charge in [0.2, 0.25) is 17.6 Å². The number of nitrogens with one attached hydrogen (secondary N) is 1. The normalized spacial score (nSPS) is 22.0. The molecule has 2 aliphatic heterocycles. The Balaban J connectivity index is 1.46. The van der Waals surface area contributed by atoms with E-state index in [-0.39, 0.29) is 35.3 Å². The average Bonchev–Trinajstić information content (AvgIpc) is 3.11. The monoisotopic (exact) mass is 462 g/mol. The first kappa shape index (κ1) is 19.5. The molecule has 0 aliphatic carbocycles. The highest BCUT2D eigenvalue weighted by Crippen LogP contribution is 2.32. The number of alkyl halides is 2. The van der Waals surface area contributed by atoms with Crippen LogP contribution in [0.15, 0.2) is 42.5 Å². The Hall–Kier alpha value is -3.13. The van der Waals surface area contributed by atoms with Crippen LogP contribution in [0.3, 0.4) is 0 Å². The first-order valence-electron chi connectivity index (χ1n) is 10.9. The molecule has 2 atom stereocenters. The van der Waals surface area contributed by atoms with E-state index in [9.17, 15) is 28.0 Å². The molecule has 32 heavy (non-hydrogen) atoms. The Morgan fingerprint density at radius 2 is 1.94 bits per heavy atom. The average molecular weight is 463 g/mol. The largest absolute Gasteiger partial charge is 0.330 e. The number of ketones is 1. The van der Waals surface area contributed by atoms with Crippen LogP contribution >= 0.6 is 11.6 Å². The molecule has 9 heteroatoms. The third-order valence-corrected chi connectivity index (χ3v) is 5.79. The Morgan fingerprint density at radius 1 is 1.22 bits per heavy atom. The van der Waals surface area contributed by atoms with E-state index in [2.05, 4.69) is 0 Å². The molecule has 0 bridgehead atoms. The van der Waals surface area contributed by atoms with E-state index < -0.39 is 53.9 Å². The van der Waals surface area contributed by atoms with Gasteiger partial charge in [-0.25, -0.2) is 0 Å². The predicted octanol–water partition coefficient (Wildman–Crippen LogP) is 3.39. The highest BCUT2D eigenvalue weighted by Gasteiger charge is 2.41. The molecule has 1 N–H and O–H groups in total. The lowest BCUT2D eigenvalue weighted by Crippen LogP contribution is -2.52. The van der Waals surface area contributed by atoms with Crippen molar-refractivity contribution in [3.05, 3.63) is 69.7 Å². The second kappa shape index (κ2) is 8.43. The van der Waals surface area contributed by atoms with E-state index in [1.165, 1.54) is 18.2 Å². The summed E-state index contributed by atoms with van der Waals surface area (Å²) in [5.41, 5.74) is 0.923. The van der Waals surface area contributed by atoms with Crippen LogP contribution in [0, 0.1) is 0 Å². The van der Waals surface area contributed by atoms with E-state index in [0.29, 0.717) is 11.1 Å². The van der Waals surface area contributed by atoms with E-state index in [0.717, 1.165) is 17.0 Å². The van der Waals surface area contributed by atoms with E-state index >= 15 is 0 Å². The second-order valence-electron chi connectivity index (χ2n) is 7.66. The minimum atomic E-state index is -3.67. The first-order chi connectivity index (χ1) is 16.0. The van der Waals surface area contributed by atoms with Gasteiger partial charge in [-0.1, -0.05) is 35.9 Å². The molecular formula is C23H19ClF2N2O4. The van der Waals surface area contributed by atoms with Crippen molar-refractivity contribution >= 4 is 35.1 Å². The lowest BCUT2D eigenvalue weighted by Gasteiger charge is -2.29. The molecule has 0 saturated carbocycles. The summed E-state index contributed by atoms with van der Waals surface area (Å²) in [6.07, 6.45) is -1.96. The standard InChI is InChI=1S/C23H19ClF2N2O4/c24-16-5-3-15(4-6-16)23(25,26)19(29)9-2-13-1-7-17-14(11-13)12-28(22(17)32)18-8-10-20(30)27-21(18)31/h1,3-7,11,18H,2,8-10,12H2,(H,27,30,31)/i8D/hD. The molecule has 2 aromatic rings. The number of benzene rings is 2. The molecule has 6 nitrogen and oxygen atoms in total. The molecule has 1 fully saturated rings. The number of hydrogen-bond donors (Lipinski definition) is 1. The summed E-state index contributed by atoms with van der Waals surface area (Å²) < 4.78 is 44.7. The molecule has 2 aromatic carbocycles. The summed E-state index contributed by atoms with van der Waals surface area (Å²) in [5.74, 6) is -7.17. The molecule has 166 valence electrons. The highest BCUT2D eigenvalue weighted by atomic mass is 35.5. The van der Waals surface area contributed by atoms with Crippen LogP contribution in [0.1, 0.15) is 47.7 Å². The fraction of sp³-hybridized carbons (Fsp3) is 0.304. The maximum Gasteiger partial charge on any atom is 0.330 e. The minimum absolute atomic E-state index is 0.0158. The number of nitrogens with zero attached hydrogens (tertiary/aromatic N) is 1. The van der Waals surface area contributed by atoms with Crippen LogP contribution in [0.4, 0.5) is 8.78 Å². The number of amides is 3. The fourth-order valence-electron chi connectivity index (χ4n) is 3.82. The van der Waals surface area contributed by atoms with Crippen molar-refractivity contribution in [2.45, 2.75) is 44.2 Å². The number of halogens is 3. The summed E-state index contributed by atoms with van der Waals surface area (Å²) in [6.45, 7) is -0.0231. The molecule has 3 amide bonds. The fourth-order valence-corrected chi connectivity index (χ4v) is 3.95. The van der Waals surface area contributed by atoms with Crippen molar-refractivity contribution in [2.75, 3.05) is 0 Å². The number of rotatable bonds is 6.